The van der Waals surface area contributed by atoms with Crippen molar-refractivity contribution in [2.24, 2.45) is 5.92 Å². The second-order valence-electron chi connectivity index (χ2n) is 6.85. The Kier molecular flexibility index (Phi) is 5.04. The summed E-state index contributed by atoms with van der Waals surface area (Å²) in [6.07, 6.45) is 4.23. The van der Waals surface area contributed by atoms with Crippen LogP contribution in [0.4, 0.5) is 0 Å². The van der Waals surface area contributed by atoms with Gasteiger partial charge in [0.1, 0.15) is 0 Å². The summed E-state index contributed by atoms with van der Waals surface area (Å²) in [4.78, 5) is 15.0. The number of nitrogens with zero attached hydrogens (tertiary/aromatic N) is 3. The van der Waals surface area contributed by atoms with Crippen molar-refractivity contribution in [3.63, 3.8) is 0 Å². The third-order valence-corrected chi connectivity index (χ3v) is 5.29. The van der Waals surface area contributed by atoms with E-state index in [1.54, 1.807) is 6.20 Å². The van der Waals surface area contributed by atoms with E-state index < -0.39 is 0 Å². The fraction of sp³-hybridized carbons (Fsp3) is 0.500. The number of rotatable bonds is 4. The Morgan fingerprint density at radius 2 is 1.85 bits per heavy atom. The molecule has 0 saturated carbocycles. The third-order valence-electron chi connectivity index (χ3n) is 5.29. The number of hydrogen-bond donors (Lipinski definition) is 0. The summed E-state index contributed by atoms with van der Waals surface area (Å²) in [7, 11) is 0. The molecule has 0 atom stereocenters. The van der Waals surface area contributed by atoms with Gasteiger partial charge in [-0.25, -0.2) is 4.68 Å². The van der Waals surface area contributed by atoms with Gasteiger partial charge in [-0.1, -0.05) is 25.1 Å². The van der Waals surface area contributed by atoms with Crippen LogP contribution in [0, 0.1) is 5.92 Å². The molecule has 6 nitrogen and oxygen atoms in total. The van der Waals surface area contributed by atoms with Crippen molar-refractivity contribution < 1.29 is 14.3 Å². The van der Waals surface area contributed by atoms with Crippen LogP contribution in [0.2, 0.25) is 0 Å². The van der Waals surface area contributed by atoms with Gasteiger partial charge in [0.25, 0.3) is 5.91 Å². The van der Waals surface area contributed by atoms with Crippen molar-refractivity contribution in [1.29, 1.82) is 0 Å². The van der Waals surface area contributed by atoms with E-state index in [2.05, 4.69) is 12.0 Å². The molecule has 0 spiro atoms. The topological polar surface area (TPSA) is 56.6 Å². The summed E-state index contributed by atoms with van der Waals surface area (Å²) in [5, 5.41) is 4.48. The number of aromatic nitrogens is 2. The highest BCUT2D eigenvalue weighted by Gasteiger charge is 2.33. The van der Waals surface area contributed by atoms with E-state index in [0.717, 1.165) is 43.7 Å². The quantitative estimate of drug-likeness (QED) is 0.846. The van der Waals surface area contributed by atoms with Gasteiger partial charge in [-0.15, -0.1) is 0 Å². The molecule has 0 unspecified atom stereocenters. The second-order valence-corrected chi connectivity index (χ2v) is 6.85. The first-order chi connectivity index (χ1) is 12.8. The molecule has 0 radical (unpaired) electrons. The minimum Gasteiger partial charge on any atom is -0.350 e. The minimum atomic E-state index is -0.0840. The number of ether oxygens (including phenoxy) is 2. The molecule has 6 heteroatoms. The molecule has 26 heavy (non-hydrogen) atoms. The van der Waals surface area contributed by atoms with E-state index in [4.69, 9.17) is 9.47 Å². The molecule has 2 aliphatic heterocycles. The van der Waals surface area contributed by atoms with Gasteiger partial charge >= 0.3 is 0 Å². The molecule has 1 aromatic heterocycles. The van der Waals surface area contributed by atoms with Crippen LogP contribution < -0.4 is 0 Å². The predicted molar refractivity (Wildman–Crippen MR) is 97.3 cm³/mol. The highest BCUT2D eigenvalue weighted by molar-refractivity contribution is 5.95. The van der Waals surface area contributed by atoms with Gasteiger partial charge in [0.05, 0.1) is 36.4 Å². The maximum Gasteiger partial charge on any atom is 0.257 e. The molecule has 2 aromatic rings. The molecule has 0 aliphatic carbocycles. The first kappa shape index (κ1) is 17.2. The number of carbonyl (C=O) groups is 1. The van der Waals surface area contributed by atoms with Gasteiger partial charge in [0, 0.05) is 19.0 Å². The average molecular weight is 355 g/mol. The van der Waals surface area contributed by atoms with Crippen LogP contribution in [-0.4, -0.2) is 53.2 Å². The number of para-hydroxylation sites is 1. The Balaban J connectivity index is 1.48. The average Bonchev–Trinajstić information content (AvgIpc) is 3.38. The van der Waals surface area contributed by atoms with Crippen LogP contribution in [0.3, 0.4) is 0 Å². The van der Waals surface area contributed by atoms with Gasteiger partial charge in [0.15, 0.2) is 6.29 Å². The Morgan fingerprint density at radius 3 is 2.50 bits per heavy atom. The number of hydrogen-bond acceptors (Lipinski definition) is 4. The number of carbonyl (C=O) groups excluding carboxylic acids is 1. The number of benzene rings is 1. The van der Waals surface area contributed by atoms with Crippen LogP contribution in [0.5, 0.6) is 0 Å². The van der Waals surface area contributed by atoms with Gasteiger partial charge in [0.2, 0.25) is 0 Å². The van der Waals surface area contributed by atoms with Crippen LogP contribution in [-0.2, 0) is 15.9 Å². The fourth-order valence-corrected chi connectivity index (χ4v) is 3.88. The molecule has 2 aliphatic rings. The Bertz CT molecular complexity index is 745. The zero-order chi connectivity index (χ0) is 17.9. The summed E-state index contributed by atoms with van der Waals surface area (Å²) in [5.41, 5.74) is 2.66. The lowest BCUT2D eigenvalue weighted by atomic mass is 9.95. The van der Waals surface area contributed by atoms with E-state index >= 15 is 0 Å². The molecule has 0 bridgehead atoms. The van der Waals surface area contributed by atoms with E-state index in [1.807, 2.05) is 39.9 Å². The Morgan fingerprint density at radius 1 is 1.15 bits per heavy atom. The molecule has 1 aromatic carbocycles. The van der Waals surface area contributed by atoms with Crippen molar-refractivity contribution in [2.45, 2.75) is 32.5 Å². The molecule has 0 N–H and O–H groups in total. The second kappa shape index (κ2) is 7.60. The SMILES string of the molecule is CCc1c(C(=O)N2CCC(C3OCCO3)CC2)cnn1-c1ccccc1. The number of piperidine rings is 1. The maximum absolute atomic E-state index is 13.1. The van der Waals surface area contributed by atoms with Gasteiger partial charge < -0.3 is 14.4 Å². The van der Waals surface area contributed by atoms with Crippen LogP contribution in [0.1, 0.15) is 35.8 Å². The standard InChI is InChI=1S/C20H25N3O3/c1-2-18-17(14-21-23(18)16-6-4-3-5-7-16)19(24)22-10-8-15(9-11-22)20-25-12-13-26-20/h3-7,14-15,20H,2,8-13H2,1H3. The lowest BCUT2D eigenvalue weighted by Crippen LogP contribution is -2.41. The van der Waals surface area contributed by atoms with Crippen LogP contribution >= 0.6 is 0 Å². The van der Waals surface area contributed by atoms with Crippen molar-refractivity contribution in [3.05, 3.63) is 47.8 Å². The molecule has 3 heterocycles. The van der Waals surface area contributed by atoms with Gasteiger partial charge in [-0.3, -0.25) is 4.79 Å². The molecule has 138 valence electrons. The maximum atomic E-state index is 13.1. The summed E-state index contributed by atoms with van der Waals surface area (Å²) in [6.45, 7) is 4.91. The van der Waals surface area contributed by atoms with E-state index in [1.165, 1.54) is 0 Å². The zero-order valence-corrected chi connectivity index (χ0v) is 15.1. The Hall–Kier alpha value is -2.18. The monoisotopic (exact) mass is 355 g/mol. The van der Waals surface area contributed by atoms with E-state index in [9.17, 15) is 4.79 Å². The third kappa shape index (κ3) is 3.27. The van der Waals surface area contributed by atoms with Crippen molar-refractivity contribution in [3.8, 4) is 5.69 Å². The highest BCUT2D eigenvalue weighted by atomic mass is 16.7. The van der Waals surface area contributed by atoms with Gasteiger partial charge in [-0.2, -0.15) is 5.10 Å². The number of likely N-dealkylation sites (tertiary alicyclic amines) is 1. The first-order valence-corrected chi connectivity index (χ1v) is 9.42. The largest absolute Gasteiger partial charge is 0.350 e. The lowest BCUT2D eigenvalue weighted by Gasteiger charge is -2.33. The fourth-order valence-electron chi connectivity index (χ4n) is 3.88. The van der Waals surface area contributed by atoms with Crippen molar-refractivity contribution in [2.75, 3.05) is 26.3 Å². The smallest absolute Gasteiger partial charge is 0.257 e. The molecule has 1 amide bonds. The zero-order valence-electron chi connectivity index (χ0n) is 15.1. The van der Waals surface area contributed by atoms with Crippen molar-refractivity contribution in [1.82, 2.24) is 14.7 Å². The molecular weight excluding hydrogens is 330 g/mol. The highest BCUT2D eigenvalue weighted by Crippen LogP contribution is 2.27. The molecule has 2 fully saturated rings. The normalized spacial score (nSPS) is 19.2. The number of amides is 1. The lowest BCUT2D eigenvalue weighted by molar-refractivity contribution is -0.0956. The summed E-state index contributed by atoms with van der Waals surface area (Å²) in [5.74, 6) is 0.468. The first-order valence-electron chi connectivity index (χ1n) is 9.42. The molecular formula is C20H25N3O3. The van der Waals surface area contributed by atoms with Crippen LogP contribution in [0.15, 0.2) is 36.5 Å². The predicted octanol–water partition coefficient (Wildman–Crippen LogP) is 2.66. The summed E-state index contributed by atoms with van der Waals surface area (Å²) in [6, 6.07) is 9.96. The van der Waals surface area contributed by atoms with Gasteiger partial charge in [-0.05, 0) is 31.4 Å². The Labute approximate surface area is 153 Å². The summed E-state index contributed by atoms with van der Waals surface area (Å²) < 4.78 is 13.1. The van der Waals surface area contributed by atoms with E-state index in [0.29, 0.717) is 24.7 Å². The molecule has 2 saturated heterocycles. The van der Waals surface area contributed by atoms with E-state index in [-0.39, 0.29) is 12.2 Å². The summed E-state index contributed by atoms with van der Waals surface area (Å²) >= 11 is 0. The minimum absolute atomic E-state index is 0.0794. The van der Waals surface area contributed by atoms with Crippen LogP contribution in [0.25, 0.3) is 5.69 Å². The molecule has 4 rings (SSSR count). The van der Waals surface area contributed by atoms with Crippen molar-refractivity contribution >= 4 is 5.91 Å².